The molecular formula is C20H33ClN6. The second-order valence-electron chi connectivity index (χ2n) is 7.55. The predicted molar refractivity (Wildman–Crippen MR) is 115 cm³/mol. The molecule has 0 bridgehead atoms. The first kappa shape index (κ1) is 20.2. The van der Waals surface area contributed by atoms with Crippen molar-refractivity contribution >= 4 is 23.2 Å². The van der Waals surface area contributed by atoms with Gasteiger partial charge in [-0.1, -0.05) is 17.7 Å². The lowest BCUT2D eigenvalue weighted by Crippen LogP contribution is -2.46. The van der Waals surface area contributed by atoms with Crippen molar-refractivity contribution in [3.8, 4) is 0 Å². The summed E-state index contributed by atoms with van der Waals surface area (Å²) in [6.07, 6.45) is 2.36. The molecule has 0 radical (unpaired) electrons. The molecule has 1 unspecified atom stereocenters. The minimum absolute atomic E-state index is 0.405. The number of benzene rings is 1. The Morgan fingerprint density at radius 1 is 1.22 bits per heavy atom. The summed E-state index contributed by atoms with van der Waals surface area (Å²) in [5, 5.41) is 7.85. The molecule has 1 aromatic rings. The molecule has 2 N–H and O–H groups in total. The van der Waals surface area contributed by atoms with Gasteiger partial charge in [-0.15, -0.1) is 0 Å². The number of aliphatic imine (C=N–C) groups is 1. The largest absolute Gasteiger partial charge is 0.369 e. The average Bonchev–Trinajstić information content (AvgIpc) is 3.03. The molecule has 27 heavy (non-hydrogen) atoms. The van der Waals surface area contributed by atoms with Crippen LogP contribution in [0.3, 0.4) is 0 Å². The average molecular weight is 393 g/mol. The molecule has 7 heteroatoms. The lowest BCUT2D eigenvalue weighted by Gasteiger charge is -2.22. The summed E-state index contributed by atoms with van der Waals surface area (Å²) < 4.78 is 0. The second kappa shape index (κ2) is 10.2. The Hall–Kier alpha value is -1.50. The van der Waals surface area contributed by atoms with Gasteiger partial charge in [0.05, 0.1) is 0 Å². The van der Waals surface area contributed by atoms with E-state index in [4.69, 9.17) is 11.6 Å². The zero-order valence-corrected chi connectivity index (χ0v) is 17.4. The fourth-order valence-electron chi connectivity index (χ4n) is 3.83. The number of halogens is 1. The topological polar surface area (TPSA) is 46.1 Å². The molecule has 3 rings (SSSR count). The van der Waals surface area contributed by atoms with Gasteiger partial charge in [-0.3, -0.25) is 4.99 Å². The lowest BCUT2D eigenvalue weighted by atomic mass is 10.3. The van der Waals surface area contributed by atoms with Crippen LogP contribution in [0.25, 0.3) is 0 Å². The fourth-order valence-corrected chi connectivity index (χ4v) is 4.01. The van der Waals surface area contributed by atoms with Gasteiger partial charge in [0.1, 0.15) is 0 Å². The van der Waals surface area contributed by atoms with Crippen molar-refractivity contribution in [2.24, 2.45) is 4.99 Å². The van der Waals surface area contributed by atoms with Gasteiger partial charge in [-0.2, -0.15) is 0 Å². The van der Waals surface area contributed by atoms with E-state index in [-0.39, 0.29) is 0 Å². The first-order valence-electron chi connectivity index (χ1n) is 10.0. The quantitative estimate of drug-likeness (QED) is 0.590. The third-order valence-corrected chi connectivity index (χ3v) is 5.69. The Labute approximate surface area is 168 Å². The second-order valence-corrected chi connectivity index (χ2v) is 7.99. The van der Waals surface area contributed by atoms with E-state index in [1.165, 1.54) is 25.2 Å². The van der Waals surface area contributed by atoms with Crippen LogP contribution in [0.4, 0.5) is 5.69 Å². The maximum Gasteiger partial charge on any atom is 0.191 e. The van der Waals surface area contributed by atoms with Crippen molar-refractivity contribution < 1.29 is 0 Å². The molecule has 6 nitrogen and oxygen atoms in total. The Balaban J connectivity index is 1.40. The molecule has 0 aliphatic carbocycles. The Morgan fingerprint density at radius 3 is 2.93 bits per heavy atom. The molecule has 2 saturated heterocycles. The molecular weight excluding hydrogens is 360 g/mol. The molecule has 150 valence electrons. The van der Waals surface area contributed by atoms with Gasteiger partial charge in [-0.05, 0) is 51.2 Å². The predicted octanol–water partition coefficient (Wildman–Crippen LogP) is 1.72. The summed E-state index contributed by atoms with van der Waals surface area (Å²) in [6, 6.07) is 8.50. The van der Waals surface area contributed by atoms with Crippen molar-refractivity contribution in [3.05, 3.63) is 29.3 Å². The van der Waals surface area contributed by atoms with Gasteiger partial charge in [0, 0.05) is 63.1 Å². The number of nitrogens with one attached hydrogen (secondary N) is 2. The number of guanidine groups is 1. The molecule has 1 aromatic carbocycles. The van der Waals surface area contributed by atoms with Crippen molar-refractivity contribution in [3.63, 3.8) is 0 Å². The van der Waals surface area contributed by atoms with E-state index in [0.717, 1.165) is 56.7 Å². The van der Waals surface area contributed by atoms with Crippen molar-refractivity contribution in [2.45, 2.75) is 18.9 Å². The first-order valence-corrected chi connectivity index (χ1v) is 10.4. The van der Waals surface area contributed by atoms with Crippen molar-refractivity contribution in [2.75, 3.05) is 71.4 Å². The Bertz CT molecular complexity index is 622. The smallest absolute Gasteiger partial charge is 0.191 e. The third-order valence-electron chi connectivity index (χ3n) is 5.46. The van der Waals surface area contributed by atoms with E-state index in [0.29, 0.717) is 6.04 Å². The molecule has 2 aliphatic heterocycles. The molecule has 0 spiro atoms. The number of anilines is 1. The van der Waals surface area contributed by atoms with E-state index in [1.807, 2.05) is 25.2 Å². The highest BCUT2D eigenvalue weighted by molar-refractivity contribution is 6.30. The van der Waals surface area contributed by atoms with Gasteiger partial charge in [0.25, 0.3) is 0 Å². The molecule has 0 amide bonds. The molecule has 0 aromatic heterocycles. The zero-order chi connectivity index (χ0) is 19.1. The SMILES string of the molecule is CN=C(NCCN1CCCN(C)CC1)NC1CCN(c2cccc(Cl)c2)C1. The summed E-state index contributed by atoms with van der Waals surface area (Å²) in [4.78, 5) is 11.7. The van der Waals surface area contributed by atoms with E-state index < -0.39 is 0 Å². The van der Waals surface area contributed by atoms with Crippen molar-refractivity contribution in [1.29, 1.82) is 0 Å². The van der Waals surface area contributed by atoms with Crippen LogP contribution in [0.15, 0.2) is 29.3 Å². The standard InChI is InChI=1S/C20H33ClN6/c1-22-20(23-8-12-26-10-4-9-25(2)13-14-26)24-18-7-11-27(16-18)19-6-3-5-17(21)15-19/h3,5-6,15,18H,4,7-14,16H2,1-2H3,(H2,22,23,24). The highest BCUT2D eigenvalue weighted by atomic mass is 35.5. The van der Waals surface area contributed by atoms with Crippen LogP contribution in [-0.2, 0) is 0 Å². The molecule has 2 aliphatic rings. The van der Waals surface area contributed by atoms with Crippen LogP contribution in [-0.4, -0.2) is 88.3 Å². The molecule has 2 fully saturated rings. The normalized spacial score (nSPS) is 22.7. The summed E-state index contributed by atoms with van der Waals surface area (Å²) in [6.45, 7) is 8.71. The zero-order valence-electron chi connectivity index (χ0n) is 16.6. The third kappa shape index (κ3) is 6.26. The summed E-state index contributed by atoms with van der Waals surface area (Å²) >= 11 is 6.13. The van der Waals surface area contributed by atoms with Gasteiger partial charge in [0.2, 0.25) is 0 Å². The van der Waals surface area contributed by atoms with Crippen LogP contribution in [0.1, 0.15) is 12.8 Å². The van der Waals surface area contributed by atoms with Gasteiger partial charge in [0.15, 0.2) is 5.96 Å². The van der Waals surface area contributed by atoms with Gasteiger partial charge in [-0.25, -0.2) is 0 Å². The van der Waals surface area contributed by atoms with E-state index in [9.17, 15) is 0 Å². The van der Waals surface area contributed by atoms with Crippen LogP contribution < -0.4 is 15.5 Å². The summed E-state index contributed by atoms with van der Waals surface area (Å²) in [5.74, 6) is 0.903. The van der Waals surface area contributed by atoms with Gasteiger partial charge >= 0.3 is 0 Å². The van der Waals surface area contributed by atoms with Crippen LogP contribution in [0.5, 0.6) is 0 Å². The van der Waals surface area contributed by atoms with Crippen LogP contribution in [0.2, 0.25) is 5.02 Å². The minimum Gasteiger partial charge on any atom is -0.369 e. The highest BCUT2D eigenvalue weighted by Crippen LogP contribution is 2.23. The first-order chi connectivity index (χ1) is 13.1. The number of hydrogen-bond acceptors (Lipinski definition) is 4. The summed E-state index contributed by atoms with van der Waals surface area (Å²) in [7, 11) is 4.06. The van der Waals surface area contributed by atoms with E-state index in [1.54, 1.807) is 0 Å². The van der Waals surface area contributed by atoms with E-state index >= 15 is 0 Å². The minimum atomic E-state index is 0.405. The maximum atomic E-state index is 6.13. The monoisotopic (exact) mass is 392 g/mol. The number of rotatable bonds is 5. The Kier molecular flexibility index (Phi) is 7.61. The lowest BCUT2D eigenvalue weighted by molar-refractivity contribution is 0.280. The molecule has 2 heterocycles. The molecule has 0 saturated carbocycles. The number of likely N-dealkylation sites (N-methyl/N-ethyl adjacent to an activating group) is 1. The fraction of sp³-hybridized carbons (Fsp3) is 0.650. The highest BCUT2D eigenvalue weighted by Gasteiger charge is 2.23. The maximum absolute atomic E-state index is 6.13. The summed E-state index contributed by atoms with van der Waals surface area (Å²) in [5.41, 5.74) is 1.20. The Morgan fingerprint density at radius 2 is 2.11 bits per heavy atom. The van der Waals surface area contributed by atoms with Crippen LogP contribution in [0, 0.1) is 0 Å². The van der Waals surface area contributed by atoms with E-state index in [2.05, 4.69) is 43.4 Å². The number of hydrogen-bond donors (Lipinski definition) is 2. The van der Waals surface area contributed by atoms with Crippen molar-refractivity contribution in [1.82, 2.24) is 20.4 Å². The van der Waals surface area contributed by atoms with Crippen LogP contribution >= 0.6 is 11.6 Å². The number of nitrogens with zero attached hydrogens (tertiary/aromatic N) is 4. The van der Waals surface area contributed by atoms with Gasteiger partial charge < -0.3 is 25.3 Å². The molecule has 1 atom stereocenters.